The van der Waals surface area contributed by atoms with Gasteiger partial charge in [-0.2, -0.15) is 0 Å². The molecule has 0 aliphatic heterocycles. The first kappa shape index (κ1) is 44.9. The first-order chi connectivity index (χ1) is 29.2. The van der Waals surface area contributed by atoms with Crippen LogP contribution >= 0.6 is 0 Å². The fraction of sp³-hybridized carbons (Fsp3) is 0.231. The number of rotatable bonds is 8. The third kappa shape index (κ3) is 10.3. The third-order valence-corrected chi connectivity index (χ3v) is 9.73. The van der Waals surface area contributed by atoms with Crippen LogP contribution in [0.15, 0.2) is 168 Å². The van der Waals surface area contributed by atoms with E-state index in [4.69, 9.17) is 37.9 Å². The van der Waals surface area contributed by atoms with Gasteiger partial charge < -0.3 is 37.9 Å². The smallest absolute Gasteiger partial charge is 0.223 e. The van der Waals surface area contributed by atoms with Crippen LogP contribution in [0.2, 0.25) is 0 Å². The standard InChI is InChI=1S/2C26H24O4/c2*1-27-25(28-2)19-24(18-16-22-13-9-6-10-14-22)26(29-3,30-4)20-23(25)17-15-21-11-7-5-8-12-21/h2*5-14,19-20H,1-4H3. The van der Waals surface area contributed by atoms with E-state index in [-0.39, 0.29) is 0 Å². The summed E-state index contributed by atoms with van der Waals surface area (Å²) in [5.74, 6) is 20.4. The van der Waals surface area contributed by atoms with Gasteiger partial charge in [0, 0.05) is 79.1 Å². The lowest BCUT2D eigenvalue weighted by Gasteiger charge is -2.38. The Balaban J connectivity index is 0.000000228. The van der Waals surface area contributed by atoms with Crippen LogP contribution in [-0.2, 0) is 37.9 Å². The molecule has 8 heteroatoms. The van der Waals surface area contributed by atoms with E-state index in [0.29, 0.717) is 22.3 Å². The first-order valence-corrected chi connectivity index (χ1v) is 18.9. The van der Waals surface area contributed by atoms with Crippen LogP contribution in [0.25, 0.3) is 0 Å². The molecule has 0 saturated carbocycles. The van der Waals surface area contributed by atoms with Gasteiger partial charge in [-0.3, -0.25) is 0 Å². The van der Waals surface area contributed by atoms with Gasteiger partial charge in [0.1, 0.15) is 0 Å². The molecule has 0 heterocycles. The molecule has 8 nitrogen and oxygen atoms in total. The number of ether oxygens (including phenoxy) is 8. The van der Waals surface area contributed by atoms with Crippen molar-refractivity contribution in [2.45, 2.75) is 23.1 Å². The Morgan fingerprint density at radius 1 is 0.250 bits per heavy atom. The van der Waals surface area contributed by atoms with Crippen LogP contribution in [0, 0.1) is 47.4 Å². The molecule has 2 aliphatic carbocycles. The summed E-state index contributed by atoms with van der Waals surface area (Å²) in [6.07, 6.45) is 7.02. The van der Waals surface area contributed by atoms with Crippen LogP contribution in [0.1, 0.15) is 22.3 Å². The highest BCUT2D eigenvalue weighted by Crippen LogP contribution is 2.39. The molecule has 6 rings (SSSR count). The van der Waals surface area contributed by atoms with Crippen molar-refractivity contribution < 1.29 is 37.9 Å². The lowest BCUT2D eigenvalue weighted by atomic mass is 9.88. The molecule has 0 spiro atoms. The highest BCUT2D eigenvalue weighted by molar-refractivity contribution is 5.57. The molecule has 4 aromatic carbocycles. The van der Waals surface area contributed by atoms with E-state index in [0.717, 1.165) is 22.3 Å². The van der Waals surface area contributed by atoms with Gasteiger partial charge in [0.25, 0.3) is 0 Å². The summed E-state index contributed by atoms with van der Waals surface area (Å²) in [7, 11) is 12.5. The summed E-state index contributed by atoms with van der Waals surface area (Å²) < 4.78 is 46.0. The second-order valence-corrected chi connectivity index (χ2v) is 13.0. The molecule has 0 radical (unpaired) electrons. The van der Waals surface area contributed by atoms with Crippen molar-refractivity contribution in [1.29, 1.82) is 0 Å². The van der Waals surface area contributed by atoms with Gasteiger partial charge >= 0.3 is 0 Å². The Hall–Kier alpha value is -6.24. The summed E-state index contributed by atoms with van der Waals surface area (Å²) in [6, 6.07) is 38.7. The molecular weight excluding hydrogens is 753 g/mol. The van der Waals surface area contributed by atoms with E-state index < -0.39 is 23.1 Å². The lowest BCUT2D eigenvalue weighted by molar-refractivity contribution is -0.167. The maximum Gasteiger partial charge on any atom is 0.223 e. The second-order valence-electron chi connectivity index (χ2n) is 13.0. The van der Waals surface area contributed by atoms with Crippen LogP contribution in [0.4, 0.5) is 0 Å². The zero-order valence-electron chi connectivity index (χ0n) is 35.1. The zero-order chi connectivity index (χ0) is 42.9. The van der Waals surface area contributed by atoms with Crippen molar-refractivity contribution in [2.24, 2.45) is 0 Å². The Morgan fingerprint density at radius 2 is 0.417 bits per heavy atom. The summed E-state index contributed by atoms with van der Waals surface area (Å²) in [5, 5.41) is 0. The molecule has 0 saturated heterocycles. The minimum atomic E-state index is -1.21. The molecule has 4 aromatic rings. The summed E-state index contributed by atoms with van der Waals surface area (Å²) in [6.45, 7) is 0. The number of hydrogen-bond acceptors (Lipinski definition) is 8. The van der Waals surface area contributed by atoms with Crippen LogP contribution in [-0.4, -0.2) is 80.0 Å². The van der Waals surface area contributed by atoms with Gasteiger partial charge in [0.15, 0.2) is 0 Å². The van der Waals surface area contributed by atoms with Gasteiger partial charge in [-0.05, 0) is 72.8 Å². The number of methoxy groups -OCH3 is 8. The topological polar surface area (TPSA) is 73.8 Å². The van der Waals surface area contributed by atoms with Crippen LogP contribution in [0.5, 0.6) is 0 Å². The predicted octanol–water partition coefficient (Wildman–Crippen LogP) is 7.87. The Kier molecular flexibility index (Phi) is 15.8. The molecule has 0 unspecified atom stereocenters. The predicted molar refractivity (Wildman–Crippen MR) is 233 cm³/mol. The Bertz CT molecular complexity index is 2070. The highest BCUT2D eigenvalue weighted by Gasteiger charge is 2.46. The summed E-state index contributed by atoms with van der Waals surface area (Å²) in [4.78, 5) is 0. The van der Waals surface area contributed by atoms with Crippen molar-refractivity contribution >= 4 is 0 Å². The normalized spacial score (nSPS) is 16.3. The molecule has 60 heavy (non-hydrogen) atoms. The molecule has 304 valence electrons. The minimum absolute atomic E-state index is 0.560. The first-order valence-electron chi connectivity index (χ1n) is 18.9. The molecule has 0 fully saturated rings. The average Bonchev–Trinajstić information content (AvgIpc) is 3.32. The summed E-state index contributed by atoms with van der Waals surface area (Å²) >= 11 is 0. The van der Waals surface area contributed by atoms with Crippen molar-refractivity contribution in [3.63, 3.8) is 0 Å². The van der Waals surface area contributed by atoms with Crippen molar-refractivity contribution in [1.82, 2.24) is 0 Å². The van der Waals surface area contributed by atoms with E-state index in [1.54, 1.807) is 81.2 Å². The highest BCUT2D eigenvalue weighted by atomic mass is 16.7. The molecular formula is C52H48O8. The molecule has 0 bridgehead atoms. The average molecular weight is 801 g/mol. The fourth-order valence-corrected chi connectivity index (χ4v) is 6.29. The van der Waals surface area contributed by atoms with Crippen LogP contribution < -0.4 is 0 Å². The molecule has 0 N–H and O–H groups in total. The maximum atomic E-state index is 5.75. The molecule has 2 aliphatic rings. The van der Waals surface area contributed by atoms with Gasteiger partial charge in [0.2, 0.25) is 23.1 Å². The van der Waals surface area contributed by atoms with E-state index in [1.807, 2.05) is 121 Å². The monoisotopic (exact) mass is 800 g/mol. The lowest BCUT2D eigenvalue weighted by Crippen LogP contribution is -2.44. The van der Waals surface area contributed by atoms with Gasteiger partial charge in [0.05, 0.1) is 22.3 Å². The summed E-state index contributed by atoms with van der Waals surface area (Å²) in [5.41, 5.74) is 5.74. The zero-order valence-corrected chi connectivity index (χ0v) is 35.1. The molecule has 0 amide bonds. The SMILES string of the molecule is COC1(OC)C=C(C#Cc2ccccc2)C(OC)(OC)C=C1C#Cc1ccccc1.COC1(OC)C=C(C#Cc2ccccc2)C(OC)(OC)C=C1C#Cc1ccccc1. The van der Waals surface area contributed by atoms with E-state index in [1.165, 1.54) is 0 Å². The van der Waals surface area contributed by atoms with Gasteiger partial charge in [-0.15, -0.1) is 0 Å². The quantitative estimate of drug-likeness (QED) is 0.132. The van der Waals surface area contributed by atoms with Crippen molar-refractivity contribution in [2.75, 3.05) is 56.9 Å². The van der Waals surface area contributed by atoms with Crippen molar-refractivity contribution in [3.05, 3.63) is 190 Å². The van der Waals surface area contributed by atoms with Gasteiger partial charge in [-0.25, -0.2) is 0 Å². The van der Waals surface area contributed by atoms with Crippen molar-refractivity contribution in [3.8, 4) is 47.4 Å². The Morgan fingerprint density at radius 3 is 0.567 bits per heavy atom. The molecule has 0 aromatic heterocycles. The second kappa shape index (κ2) is 21.1. The van der Waals surface area contributed by atoms with E-state index in [9.17, 15) is 0 Å². The number of hydrogen-bond donors (Lipinski definition) is 0. The Labute approximate surface area is 354 Å². The largest absolute Gasteiger partial charge is 0.346 e. The minimum Gasteiger partial charge on any atom is -0.346 e. The third-order valence-electron chi connectivity index (χ3n) is 9.73. The van der Waals surface area contributed by atoms with E-state index in [2.05, 4.69) is 47.4 Å². The fourth-order valence-electron chi connectivity index (χ4n) is 6.29. The molecule has 0 atom stereocenters. The van der Waals surface area contributed by atoms with Gasteiger partial charge in [-0.1, -0.05) is 120 Å². The number of benzene rings is 4. The van der Waals surface area contributed by atoms with E-state index >= 15 is 0 Å². The maximum absolute atomic E-state index is 5.75. The van der Waals surface area contributed by atoms with Crippen LogP contribution in [0.3, 0.4) is 0 Å².